The molecule has 0 radical (unpaired) electrons. The minimum Gasteiger partial charge on any atom is -0.478 e. The molecule has 56 valence electrons. The van der Waals surface area contributed by atoms with Crippen LogP contribution in [0.2, 0.25) is 0 Å². The molecule has 0 saturated carbocycles. The molecule has 1 atom stereocenters. The fourth-order valence-corrected chi connectivity index (χ4v) is 0.357. The third-order valence-electron chi connectivity index (χ3n) is 1.22. The van der Waals surface area contributed by atoms with Gasteiger partial charge < -0.3 is 10.8 Å². The quantitative estimate of drug-likeness (QED) is 0.534. The van der Waals surface area contributed by atoms with Crippen LogP contribution < -0.4 is 5.73 Å². The molecule has 0 heterocycles. The summed E-state index contributed by atoms with van der Waals surface area (Å²) in [5, 5.41) is 8.29. The minimum absolute atomic E-state index is 0.174. The van der Waals surface area contributed by atoms with Crippen molar-refractivity contribution in [3.05, 3.63) is 12.2 Å². The number of hydrogen-bond donors (Lipinski definition) is 2. The Morgan fingerprint density at radius 3 is 2.10 bits per heavy atom. The number of hydrogen-bond acceptors (Lipinski definition) is 2. The first kappa shape index (κ1) is 8.68. The Morgan fingerprint density at radius 2 is 2.00 bits per heavy atom. The molecule has 0 fully saturated rings. The molecule has 0 aromatic carbocycles. The van der Waals surface area contributed by atoms with Gasteiger partial charge in [0, 0.05) is 5.57 Å². The number of nitrogens with two attached hydrogens (primary N) is 1. The summed E-state index contributed by atoms with van der Waals surface area (Å²) in [5.41, 5.74) is 4.64. The van der Waals surface area contributed by atoms with Crippen LogP contribution >= 0.6 is 0 Å². The van der Waals surface area contributed by atoms with Gasteiger partial charge in [0.05, 0.1) is 5.92 Å². The maximum Gasteiger partial charge on any atom is 0.331 e. The molecule has 0 aliphatic rings. The van der Waals surface area contributed by atoms with E-state index in [1.165, 1.54) is 6.92 Å². The number of rotatable bonds is 3. The highest BCUT2D eigenvalue weighted by Crippen LogP contribution is 2.06. The van der Waals surface area contributed by atoms with E-state index in [1.807, 2.05) is 0 Å². The van der Waals surface area contributed by atoms with Gasteiger partial charge in [0.15, 0.2) is 0 Å². The summed E-state index contributed by atoms with van der Waals surface area (Å²) < 4.78 is 0. The van der Waals surface area contributed by atoms with E-state index in [0.29, 0.717) is 0 Å². The van der Waals surface area contributed by atoms with Crippen LogP contribution in [0.25, 0.3) is 0 Å². The lowest BCUT2D eigenvalue weighted by Gasteiger charge is -2.04. The Labute approximate surface area is 58.3 Å². The maximum atomic E-state index is 10.3. The molecule has 4 nitrogen and oxygen atoms in total. The number of primary amides is 1. The molecule has 10 heavy (non-hydrogen) atoms. The van der Waals surface area contributed by atoms with Gasteiger partial charge in [-0.15, -0.1) is 0 Å². The number of amides is 1. The molecule has 0 aliphatic carbocycles. The van der Waals surface area contributed by atoms with Crippen LogP contribution in [-0.2, 0) is 9.59 Å². The average Bonchev–Trinajstić information content (AvgIpc) is 1.84. The van der Waals surface area contributed by atoms with Crippen LogP contribution in [0.5, 0.6) is 0 Å². The highest BCUT2D eigenvalue weighted by Gasteiger charge is 2.17. The van der Waals surface area contributed by atoms with Crippen molar-refractivity contribution < 1.29 is 14.7 Å². The molecule has 0 saturated heterocycles. The van der Waals surface area contributed by atoms with Gasteiger partial charge in [-0.2, -0.15) is 0 Å². The van der Waals surface area contributed by atoms with E-state index >= 15 is 0 Å². The molecule has 0 rings (SSSR count). The second-order valence-corrected chi connectivity index (χ2v) is 1.95. The predicted octanol–water partition coefficient (Wildman–Crippen LogP) is -0.251. The summed E-state index contributed by atoms with van der Waals surface area (Å²) in [5.74, 6) is -2.66. The van der Waals surface area contributed by atoms with Crippen LogP contribution in [-0.4, -0.2) is 17.0 Å². The summed E-state index contributed by atoms with van der Waals surface area (Å²) in [6.45, 7) is 4.58. The summed E-state index contributed by atoms with van der Waals surface area (Å²) in [4.78, 5) is 20.5. The number of carboxylic acids is 1. The second-order valence-electron chi connectivity index (χ2n) is 1.95. The molecule has 0 spiro atoms. The van der Waals surface area contributed by atoms with E-state index in [2.05, 4.69) is 6.58 Å². The summed E-state index contributed by atoms with van der Waals surface area (Å²) in [6.07, 6.45) is 0. The van der Waals surface area contributed by atoms with Crippen molar-refractivity contribution in [2.24, 2.45) is 11.7 Å². The fourth-order valence-electron chi connectivity index (χ4n) is 0.357. The lowest BCUT2D eigenvalue weighted by Crippen LogP contribution is -2.24. The Kier molecular flexibility index (Phi) is 2.61. The van der Waals surface area contributed by atoms with Gasteiger partial charge in [0.1, 0.15) is 0 Å². The molecule has 4 heteroatoms. The third-order valence-corrected chi connectivity index (χ3v) is 1.22. The molecule has 0 bridgehead atoms. The van der Waals surface area contributed by atoms with Crippen molar-refractivity contribution in [3.8, 4) is 0 Å². The first-order chi connectivity index (χ1) is 4.46. The van der Waals surface area contributed by atoms with E-state index < -0.39 is 17.8 Å². The van der Waals surface area contributed by atoms with Gasteiger partial charge >= 0.3 is 5.97 Å². The molecule has 0 aromatic rings. The Bertz CT molecular complexity index is 185. The van der Waals surface area contributed by atoms with Gasteiger partial charge in [-0.3, -0.25) is 4.79 Å². The van der Waals surface area contributed by atoms with Crippen LogP contribution in [0.15, 0.2) is 12.2 Å². The number of carboxylic acid groups (broad SMARTS) is 1. The molecular formula is C6H9NO3. The highest BCUT2D eigenvalue weighted by molar-refractivity contribution is 5.94. The number of carbonyl (C=O) groups excluding carboxylic acids is 1. The average molecular weight is 143 g/mol. The smallest absolute Gasteiger partial charge is 0.331 e. The van der Waals surface area contributed by atoms with Crippen molar-refractivity contribution >= 4 is 11.9 Å². The van der Waals surface area contributed by atoms with Crippen molar-refractivity contribution in [1.29, 1.82) is 0 Å². The molecule has 1 unspecified atom stereocenters. The normalized spacial score (nSPS) is 12.1. The number of carbonyl (C=O) groups is 2. The van der Waals surface area contributed by atoms with Crippen molar-refractivity contribution in [2.45, 2.75) is 6.92 Å². The van der Waals surface area contributed by atoms with Crippen molar-refractivity contribution in [3.63, 3.8) is 0 Å². The fraction of sp³-hybridized carbons (Fsp3) is 0.333. The topological polar surface area (TPSA) is 80.4 Å². The molecule has 0 aromatic heterocycles. The Morgan fingerprint density at radius 1 is 1.60 bits per heavy atom. The first-order valence-corrected chi connectivity index (χ1v) is 2.68. The van der Waals surface area contributed by atoms with E-state index in [0.717, 1.165) is 0 Å². The molecule has 1 amide bonds. The number of aliphatic carboxylic acids is 1. The van der Waals surface area contributed by atoms with Crippen LogP contribution in [0.3, 0.4) is 0 Å². The zero-order valence-corrected chi connectivity index (χ0v) is 5.63. The van der Waals surface area contributed by atoms with Gasteiger partial charge in [-0.1, -0.05) is 6.58 Å². The largest absolute Gasteiger partial charge is 0.478 e. The second kappa shape index (κ2) is 3.00. The summed E-state index contributed by atoms with van der Waals surface area (Å²) in [6, 6.07) is 0. The third kappa shape index (κ3) is 1.89. The molecule has 3 N–H and O–H groups in total. The van der Waals surface area contributed by atoms with Crippen molar-refractivity contribution in [1.82, 2.24) is 0 Å². The molecular weight excluding hydrogens is 134 g/mol. The lowest BCUT2D eigenvalue weighted by molar-refractivity contribution is -0.134. The zero-order chi connectivity index (χ0) is 8.31. The monoisotopic (exact) mass is 143 g/mol. The predicted molar refractivity (Wildman–Crippen MR) is 35.1 cm³/mol. The zero-order valence-electron chi connectivity index (χ0n) is 5.63. The lowest BCUT2D eigenvalue weighted by atomic mass is 10.0. The first-order valence-electron chi connectivity index (χ1n) is 2.68. The van der Waals surface area contributed by atoms with Crippen LogP contribution in [0, 0.1) is 5.92 Å². The summed E-state index contributed by atoms with van der Waals surface area (Å²) >= 11 is 0. The van der Waals surface area contributed by atoms with Gasteiger partial charge in [0.2, 0.25) is 5.91 Å². The standard InChI is InChI=1S/C6H9NO3/c1-3(5(7)8)4(2)6(9)10/h3H,2H2,1H3,(H2,7,8)(H,9,10). The van der Waals surface area contributed by atoms with Gasteiger partial charge in [0.25, 0.3) is 0 Å². The van der Waals surface area contributed by atoms with Crippen LogP contribution in [0.4, 0.5) is 0 Å². The molecule has 0 aliphatic heterocycles. The summed E-state index contributed by atoms with van der Waals surface area (Å²) in [7, 11) is 0. The van der Waals surface area contributed by atoms with Gasteiger partial charge in [-0.25, -0.2) is 4.79 Å². The Hall–Kier alpha value is -1.32. The highest BCUT2D eigenvalue weighted by atomic mass is 16.4. The minimum atomic E-state index is -1.19. The van der Waals surface area contributed by atoms with E-state index in [9.17, 15) is 9.59 Å². The van der Waals surface area contributed by atoms with E-state index in [4.69, 9.17) is 10.8 Å². The van der Waals surface area contributed by atoms with Gasteiger partial charge in [-0.05, 0) is 6.92 Å². The maximum absolute atomic E-state index is 10.3. The SMILES string of the molecule is C=C(C(=O)O)C(C)C(N)=O. The van der Waals surface area contributed by atoms with Crippen molar-refractivity contribution in [2.75, 3.05) is 0 Å². The van der Waals surface area contributed by atoms with Crippen LogP contribution in [0.1, 0.15) is 6.92 Å². The Balaban J connectivity index is 4.22. The van der Waals surface area contributed by atoms with E-state index in [1.54, 1.807) is 0 Å². The van der Waals surface area contributed by atoms with E-state index in [-0.39, 0.29) is 5.57 Å².